The molecule has 2 atom stereocenters. The third kappa shape index (κ3) is 2.92. The van der Waals surface area contributed by atoms with Crippen molar-refractivity contribution in [1.29, 1.82) is 0 Å². The van der Waals surface area contributed by atoms with Crippen LogP contribution in [0.2, 0.25) is 0 Å². The van der Waals surface area contributed by atoms with Gasteiger partial charge in [0.15, 0.2) is 0 Å². The number of benzene rings is 1. The summed E-state index contributed by atoms with van der Waals surface area (Å²) in [4.78, 5) is 1.29. The normalized spacial score (nSPS) is 25.4. The zero-order chi connectivity index (χ0) is 13.1. The van der Waals surface area contributed by atoms with Crippen LogP contribution in [0.25, 0.3) is 0 Å². The van der Waals surface area contributed by atoms with Gasteiger partial charge in [-0.15, -0.1) is 11.8 Å². The second kappa shape index (κ2) is 6.19. The molecule has 1 fully saturated rings. The molecule has 1 aliphatic heterocycles. The van der Waals surface area contributed by atoms with E-state index in [0.29, 0.717) is 12.1 Å². The molecule has 19 heavy (non-hydrogen) atoms. The maximum absolute atomic E-state index is 6.25. The Balaban J connectivity index is 1.71. The van der Waals surface area contributed by atoms with Crippen molar-refractivity contribution in [3.8, 4) is 5.75 Å². The highest BCUT2D eigenvalue weighted by atomic mass is 32.2. The van der Waals surface area contributed by atoms with Crippen molar-refractivity contribution in [2.75, 3.05) is 12.8 Å². The van der Waals surface area contributed by atoms with Crippen LogP contribution in [-0.4, -0.2) is 24.9 Å². The van der Waals surface area contributed by atoms with Crippen LogP contribution in [0.4, 0.5) is 0 Å². The fourth-order valence-corrected chi connectivity index (χ4v) is 4.48. The van der Waals surface area contributed by atoms with Crippen molar-refractivity contribution in [3.05, 3.63) is 24.3 Å². The molecule has 1 aliphatic carbocycles. The number of hydrogen-bond donors (Lipinski definition) is 1. The minimum Gasteiger partial charge on any atom is -0.487 e. The van der Waals surface area contributed by atoms with Gasteiger partial charge in [0, 0.05) is 16.7 Å². The number of nitrogens with one attached hydrogen (secondary N) is 1. The maximum atomic E-state index is 6.25. The molecule has 1 heterocycles. The monoisotopic (exact) mass is 277 g/mol. The second-order valence-corrected chi connectivity index (χ2v) is 6.69. The van der Waals surface area contributed by atoms with Crippen molar-refractivity contribution in [1.82, 2.24) is 5.32 Å². The predicted molar refractivity (Wildman–Crippen MR) is 81.0 cm³/mol. The molecule has 2 nitrogen and oxygen atoms in total. The third-order valence-corrected chi connectivity index (χ3v) is 5.57. The zero-order valence-electron chi connectivity index (χ0n) is 11.6. The first-order valence-corrected chi connectivity index (χ1v) is 8.43. The molecule has 0 saturated heterocycles. The van der Waals surface area contributed by atoms with Gasteiger partial charge in [-0.05, 0) is 37.9 Å². The minimum absolute atomic E-state index is 0.313. The van der Waals surface area contributed by atoms with Gasteiger partial charge in [0.1, 0.15) is 11.9 Å². The fraction of sp³-hybridized carbons (Fsp3) is 0.625. The lowest BCUT2D eigenvalue weighted by Gasteiger charge is -2.37. The summed E-state index contributed by atoms with van der Waals surface area (Å²) in [6.07, 6.45) is 7.22. The van der Waals surface area contributed by atoms with Crippen molar-refractivity contribution in [2.45, 2.75) is 49.1 Å². The fourth-order valence-electron chi connectivity index (χ4n) is 3.43. The van der Waals surface area contributed by atoms with Gasteiger partial charge in [-0.3, -0.25) is 0 Å². The van der Waals surface area contributed by atoms with E-state index in [1.165, 1.54) is 37.0 Å². The molecule has 1 aromatic rings. The van der Waals surface area contributed by atoms with E-state index in [1.807, 2.05) is 11.8 Å². The average molecular weight is 277 g/mol. The third-order valence-electron chi connectivity index (χ3n) is 4.42. The Labute approximate surface area is 120 Å². The Kier molecular flexibility index (Phi) is 4.34. The zero-order valence-corrected chi connectivity index (χ0v) is 12.4. The summed E-state index contributed by atoms with van der Waals surface area (Å²) in [5.41, 5.74) is 0. The summed E-state index contributed by atoms with van der Waals surface area (Å²) in [7, 11) is 2.09. The SMILES string of the molecule is CNC(C1CCCCC1)C1CSc2ccccc2O1. The lowest BCUT2D eigenvalue weighted by Crippen LogP contribution is -2.49. The molecule has 3 rings (SSSR count). The molecule has 2 aliphatic rings. The van der Waals surface area contributed by atoms with E-state index in [-0.39, 0.29) is 0 Å². The number of fused-ring (bicyclic) bond motifs is 1. The van der Waals surface area contributed by atoms with Crippen molar-refractivity contribution < 1.29 is 4.74 Å². The van der Waals surface area contributed by atoms with Gasteiger partial charge in [0.05, 0.1) is 0 Å². The van der Waals surface area contributed by atoms with Crippen LogP contribution in [0.3, 0.4) is 0 Å². The van der Waals surface area contributed by atoms with Crippen molar-refractivity contribution >= 4 is 11.8 Å². The summed E-state index contributed by atoms with van der Waals surface area (Å²) in [6.45, 7) is 0. The molecule has 0 aromatic heterocycles. The smallest absolute Gasteiger partial charge is 0.133 e. The Morgan fingerprint density at radius 2 is 2.00 bits per heavy atom. The molecular weight excluding hydrogens is 254 g/mol. The van der Waals surface area contributed by atoms with E-state index >= 15 is 0 Å². The Morgan fingerprint density at radius 3 is 2.79 bits per heavy atom. The molecule has 1 saturated carbocycles. The van der Waals surface area contributed by atoms with Crippen LogP contribution in [0.1, 0.15) is 32.1 Å². The number of likely N-dealkylation sites (N-methyl/N-ethyl adjacent to an activating group) is 1. The number of thioether (sulfide) groups is 1. The van der Waals surface area contributed by atoms with E-state index in [4.69, 9.17) is 4.74 Å². The minimum atomic E-state index is 0.313. The number of para-hydroxylation sites is 1. The second-order valence-electron chi connectivity index (χ2n) is 5.63. The molecule has 3 heteroatoms. The average Bonchev–Trinajstić information content (AvgIpc) is 2.49. The lowest BCUT2D eigenvalue weighted by atomic mass is 9.82. The maximum Gasteiger partial charge on any atom is 0.133 e. The van der Waals surface area contributed by atoms with E-state index in [9.17, 15) is 0 Å². The molecule has 1 N–H and O–H groups in total. The lowest BCUT2D eigenvalue weighted by molar-refractivity contribution is 0.119. The van der Waals surface area contributed by atoms with Gasteiger partial charge in [0.2, 0.25) is 0 Å². The van der Waals surface area contributed by atoms with Gasteiger partial charge < -0.3 is 10.1 Å². The van der Waals surface area contributed by atoms with E-state index < -0.39 is 0 Å². The van der Waals surface area contributed by atoms with Gasteiger partial charge in [-0.25, -0.2) is 0 Å². The Morgan fingerprint density at radius 1 is 1.21 bits per heavy atom. The summed E-state index contributed by atoms with van der Waals surface area (Å²) in [5.74, 6) is 2.92. The van der Waals surface area contributed by atoms with Gasteiger partial charge in [-0.2, -0.15) is 0 Å². The molecular formula is C16H23NOS. The largest absolute Gasteiger partial charge is 0.487 e. The number of ether oxygens (including phenoxy) is 1. The predicted octanol–water partition coefficient (Wildman–Crippen LogP) is 3.71. The molecule has 0 amide bonds. The highest BCUT2D eigenvalue weighted by Gasteiger charge is 2.33. The van der Waals surface area contributed by atoms with Crippen LogP contribution in [0.5, 0.6) is 5.75 Å². The van der Waals surface area contributed by atoms with Crippen LogP contribution in [0.15, 0.2) is 29.2 Å². The first kappa shape index (κ1) is 13.3. The molecule has 0 bridgehead atoms. The van der Waals surface area contributed by atoms with E-state index in [2.05, 4.69) is 36.6 Å². The topological polar surface area (TPSA) is 21.3 Å². The van der Waals surface area contributed by atoms with Crippen LogP contribution >= 0.6 is 11.8 Å². The van der Waals surface area contributed by atoms with Gasteiger partial charge in [-0.1, -0.05) is 31.4 Å². The standard InChI is InChI=1S/C16H23NOS/c1-17-16(12-7-3-2-4-8-12)14-11-19-15-10-6-5-9-13(15)18-14/h5-6,9-10,12,14,16-17H,2-4,7-8,11H2,1H3. The molecule has 1 aromatic carbocycles. The highest BCUT2D eigenvalue weighted by Crippen LogP contribution is 2.38. The van der Waals surface area contributed by atoms with Crippen molar-refractivity contribution in [2.24, 2.45) is 5.92 Å². The first-order chi connectivity index (χ1) is 9.38. The van der Waals surface area contributed by atoms with Crippen LogP contribution < -0.4 is 10.1 Å². The Hall–Kier alpha value is -0.670. The van der Waals surface area contributed by atoms with E-state index in [1.54, 1.807) is 0 Å². The summed E-state index contributed by atoms with van der Waals surface area (Å²) < 4.78 is 6.25. The summed E-state index contributed by atoms with van der Waals surface area (Å²) in [5, 5.41) is 3.53. The summed E-state index contributed by atoms with van der Waals surface area (Å²) >= 11 is 1.94. The van der Waals surface area contributed by atoms with Gasteiger partial charge >= 0.3 is 0 Å². The Bertz CT molecular complexity index is 417. The van der Waals surface area contributed by atoms with Gasteiger partial charge in [0.25, 0.3) is 0 Å². The quantitative estimate of drug-likeness (QED) is 0.910. The van der Waals surface area contributed by atoms with Crippen LogP contribution in [0, 0.1) is 5.92 Å². The highest BCUT2D eigenvalue weighted by molar-refractivity contribution is 7.99. The number of hydrogen-bond acceptors (Lipinski definition) is 3. The molecule has 0 radical (unpaired) electrons. The van der Waals surface area contributed by atoms with E-state index in [0.717, 1.165) is 17.4 Å². The molecule has 104 valence electrons. The number of rotatable bonds is 3. The molecule has 0 spiro atoms. The molecule has 2 unspecified atom stereocenters. The van der Waals surface area contributed by atoms with Crippen molar-refractivity contribution in [3.63, 3.8) is 0 Å². The summed E-state index contributed by atoms with van der Waals surface area (Å²) in [6, 6.07) is 8.91. The van der Waals surface area contributed by atoms with Crippen LogP contribution in [-0.2, 0) is 0 Å². The first-order valence-electron chi connectivity index (χ1n) is 7.44.